The Hall–Kier alpha value is -4.22. The Morgan fingerprint density at radius 3 is 2.46 bits per heavy atom. The molecule has 6 rings (SSSR count). The maximum atomic E-state index is 13.4. The second-order valence-electron chi connectivity index (χ2n) is 8.91. The number of hydrogen-bond donors (Lipinski definition) is 1. The second kappa shape index (κ2) is 10.2. The summed E-state index contributed by atoms with van der Waals surface area (Å²) in [5.41, 5.74) is 1.31. The number of amides is 1. The summed E-state index contributed by atoms with van der Waals surface area (Å²) in [5.74, 6) is 1.06. The van der Waals surface area contributed by atoms with E-state index in [1.165, 1.54) is 34.5 Å². The Morgan fingerprint density at radius 1 is 0.974 bits per heavy atom. The lowest BCUT2D eigenvalue weighted by Crippen LogP contribution is -2.33. The number of benzene rings is 3. The molecule has 2 aliphatic heterocycles. The van der Waals surface area contributed by atoms with Crippen molar-refractivity contribution in [3.8, 4) is 17.2 Å². The van der Waals surface area contributed by atoms with Crippen molar-refractivity contribution in [1.29, 1.82) is 0 Å². The van der Waals surface area contributed by atoms with Crippen molar-refractivity contribution in [3.63, 3.8) is 0 Å². The minimum atomic E-state index is -4.23. The second-order valence-corrected chi connectivity index (χ2v) is 11.5. The van der Waals surface area contributed by atoms with E-state index in [2.05, 4.69) is 5.32 Å². The molecule has 198 valence electrons. The van der Waals surface area contributed by atoms with Crippen molar-refractivity contribution >= 4 is 33.5 Å². The molecule has 3 aromatic carbocycles. The number of aromatic nitrogens is 1. The predicted octanol–water partition coefficient (Wildman–Crippen LogP) is 4.22. The number of nitrogens with one attached hydrogen (secondary N) is 1. The fraction of sp³-hybridized carbons (Fsp3) is 0.143. The van der Waals surface area contributed by atoms with Crippen molar-refractivity contribution in [1.82, 2.24) is 4.57 Å². The van der Waals surface area contributed by atoms with Crippen molar-refractivity contribution in [2.45, 2.75) is 22.4 Å². The van der Waals surface area contributed by atoms with Crippen LogP contribution in [0.1, 0.15) is 17.2 Å². The van der Waals surface area contributed by atoms with E-state index >= 15 is 0 Å². The fourth-order valence-corrected chi connectivity index (χ4v) is 6.79. The Kier molecular flexibility index (Phi) is 6.53. The van der Waals surface area contributed by atoms with E-state index in [-0.39, 0.29) is 40.5 Å². The Bertz CT molecular complexity index is 1720. The normalized spacial score (nSPS) is 15.5. The zero-order chi connectivity index (χ0) is 27.0. The van der Waals surface area contributed by atoms with Gasteiger partial charge in [-0.15, -0.1) is 11.8 Å². The van der Waals surface area contributed by atoms with Gasteiger partial charge in [-0.05, 0) is 42.0 Å². The van der Waals surface area contributed by atoms with Crippen LogP contribution in [-0.4, -0.2) is 31.4 Å². The first-order valence-electron chi connectivity index (χ1n) is 12.0. The van der Waals surface area contributed by atoms with E-state index in [1.54, 1.807) is 54.6 Å². The molecule has 1 aromatic heterocycles. The molecular formula is C28H22N2O7S2. The largest absolute Gasteiger partial charge is 0.454 e. The first-order chi connectivity index (χ1) is 18.9. The molecule has 1 N–H and O–H groups in total. The van der Waals surface area contributed by atoms with E-state index in [4.69, 9.17) is 13.7 Å². The maximum absolute atomic E-state index is 13.4. The highest BCUT2D eigenvalue weighted by Gasteiger charge is 2.35. The quantitative estimate of drug-likeness (QED) is 0.333. The molecule has 39 heavy (non-hydrogen) atoms. The zero-order valence-corrected chi connectivity index (χ0v) is 22.0. The molecule has 0 spiro atoms. The fourth-order valence-electron chi connectivity index (χ4n) is 4.47. The van der Waals surface area contributed by atoms with Crippen LogP contribution in [0.2, 0.25) is 0 Å². The number of anilines is 1. The molecule has 3 heterocycles. The number of para-hydroxylation sites is 1. The number of pyridine rings is 1. The Labute approximate surface area is 228 Å². The molecular weight excluding hydrogens is 540 g/mol. The number of carbonyl (C=O) groups excluding carboxylic acids is 1. The lowest BCUT2D eigenvalue weighted by atomic mass is 10.0. The average molecular weight is 563 g/mol. The molecule has 9 nitrogen and oxygen atoms in total. The third kappa shape index (κ3) is 4.98. The van der Waals surface area contributed by atoms with Crippen LogP contribution in [0.15, 0.2) is 99.6 Å². The van der Waals surface area contributed by atoms with Gasteiger partial charge < -0.3 is 19.0 Å². The smallest absolute Gasteiger partial charge is 0.339 e. The van der Waals surface area contributed by atoms with E-state index in [0.717, 1.165) is 5.56 Å². The van der Waals surface area contributed by atoms with Crippen LogP contribution in [0.25, 0.3) is 0 Å². The van der Waals surface area contributed by atoms with E-state index in [0.29, 0.717) is 22.7 Å². The van der Waals surface area contributed by atoms with Gasteiger partial charge in [-0.3, -0.25) is 14.2 Å². The van der Waals surface area contributed by atoms with Gasteiger partial charge in [-0.25, -0.2) is 0 Å². The van der Waals surface area contributed by atoms with Crippen LogP contribution in [0.5, 0.6) is 17.2 Å². The van der Waals surface area contributed by atoms with Crippen molar-refractivity contribution in [2.75, 3.05) is 17.9 Å². The summed E-state index contributed by atoms with van der Waals surface area (Å²) in [5, 5.41) is 3.11. The highest BCUT2D eigenvalue weighted by Crippen LogP contribution is 2.42. The molecule has 1 amide bonds. The van der Waals surface area contributed by atoms with Crippen LogP contribution in [0.3, 0.4) is 0 Å². The number of carbonyl (C=O) groups is 1. The van der Waals surface area contributed by atoms with E-state index < -0.39 is 21.7 Å². The minimum Gasteiger partial charge on any atom is -0.454 e. The van der Waals surface area contributed by atoms with Gasteiger partial charge in [-0.2, -0.15) is 8.42 Å². The molecule has 2 aliphatic rings. The van der Waals surface area contributed by atoms with Crippen LogP contribution >= 0.6 is 11.8 Å². The van der Waals surface area contributed by atoms with Crippen LogP contribution in [0.4, 0.5) is 5.69 Å². The number of fused-ring (bicyclic) bond motifs is 2. The van der Waals surface area contributed by atoms with Crippen molar-refractivity contribution < 1.29 is 26.9 Å². The summed E-state index contributed by atoms with van der Waals surface area (Å²) >= 11 is 1.20. The first-order valence-corrected chi connectivity index (χ1v) is 14.4. The molecule has 0 radical (unpaired) electrons. The number of ether oxygens (including phenoxy) is 2. The summed E-state index contributed by atoms with van der Waals surface area (Å²) in [6.45, 7) is 0.117. The molecule has 4 aromatic rings. The van der Waals surface area contributed by atoms with Gasteiger partial charge in [0.15, 0.2) is 17.2 Å². The van der Waals surface area contributed by atoms with Gasteiger partial charge in [0.25, 0.3) is 5.56 Å². The third-order valence-electron chi connectivity index (χ3n) is 6.33. The lowest BCUT2D eigenvalue weighted by molar-refractivity contribution is -0.118. The van der Waals surface area contributed by atoms with Crippen LogP contribution in [-0.2, 0) is 21.3 Å². The van der Waals surface area contributed by atoms with Crippen molar-refractivity contribution in [3.05, 3.63) is 106 Å². The molecule has 0 bridgehead atoms. The molecule has 11 heteroatoms. The highest BCUT2D eigenvalue weighted by molar-refractivity contribution is 7.99. The summed E-state index contributed by atoms with van der Waals surface area (Å²) in [7, 11) is -4.23. The van der Waals surface area contributed by atoms with E-state index in [9.17, 15) is 18.0 Å². The summed E-state index contributed by atoms with van der Waals surface area (Å²) in [6.07, 6.45) is 0.195. The van der Waals surface area contributed by atoms with Gasteiger partial charge in [0.05, 0.1) is 0 Å². The minimum absolute atomic E-state index is 0.0228. The van der Waals surface area contributed by atoms with Gasteiger partial charge in [0.2, 0.25) is 12.7 Å². The number of rotatable bonds is 7. The predicted molar refractivity (Wildman–Crippen MR) is 145 cm³/mol. The van der Waals surface area contributed by atoms with Gasteiger partial charge in [-0.1, -0.05) is 42.5 Å². The molecule has 0 saturated heterocycles. The zero-order valence-electron chi connectivity index (χ0n) is 20.4. The Morgan fingerprint density at radius 2 is 1.69 bits per heavy atom. The van der Waals surface area contributed by atoms with Gasteiger partial charge >= 0.3 is 10.1 Å². The first kappa shape index (κ1) is 25.1. The maximum Gasteiger partial charge on any atom is 0.339 e. The summed E-state index contributed by atoms with van der Waals surface area (Å²) in [4.78, 5) is 26.5. The average Bonchev–Trinajstić information content (AvgIpc) is 3.60. The number of hydrogen-bond acceptors (Lipinski definition) is 8. The Balaban J connectivity index is 1.41. The topological polar surface area (TPSA) is 113 Å². The summed E-state index contributed by atoms with van der Waals surface area (Å²) in [6, 6.07) is 22.5. The van der Waals surface area contributed by atoms with Crippen molar-refractivity contribution in [2.24, 2.45) is 0 Å². The molecule has 1 atom stereocenters. The standard InChI is InChI=1S/C28H22N2O7S2/c31-25-15-19(13-18-11-12-23-24(14-18)36-17-35-23)26(37-39(33,34)21-9-5-2-6-10-21)28-30(25)22(16-38-28)27(32)29-20-7-3-1-4-8-20/h1-12,14-15,22H,13,16-17H2,(H,29,32)/t22-/m0/s1. The third-order valence-corrected chi connectivity index (χ3v) is 8.70. The SMILES string of the molecule is O=C(Nc1ccccc1)[C@@H]1CSc2c(OS(=O)(=O)c3ccccc3)c(Cc3ccc4c(c3)OCO4)cc(=O)n21. The lowest BCUT2D eigenvalue weighted by Gasteiger charge is -2.18. The number of thioether (sulfide) groups is 1. The highest BCUT2D eigenvalue weighted by atomic mass is 32.2. The van der Waals surface area contributed by atoms with Gasteiger partial charge in [0, 0.05) is 29.5 Å². The summed E-state index contributed by atoms with van der Waals surface area (Å²) < 4.78 is 44.4. The van der Waals surface area contributed by atoms with Crippen LogP contribution < -0.4 is 24.5 Å². The number of nitrogens with zero attached hydrogens (tertiary/aromatic N) is 1. The monoisotopic (exact) mass is 562 g/mol. The molecule has 0 saturated carbocycles. The van der Waals surface area contributed by atoms with Gasteiger partial charge in [0.1, 0.15) is 16.0 Å². The molecule has 0 fully saturated rings. The molecule has 0 aliphatic carbocycles. The molecule has 0 unspecified atom stereocenters. The van der Waals surface area contributed by atoms with E-state index in [1.807, 2.05) is 12.1 Å². The van der Waals surface area contributed by atoms with Crippen LogP contribution in [0, 0.1) is 0 Å².